The Kier molecular flexibility index (Phi) is 11.1. The number of piperidine rings is 1. The molecule has 1 saturated heterocycles. The first-order valence-corrected chi connectivity index (χ1v) is 11.3. The monoisotopic (exact) mass is 552 g/mol. The molecule has 1 aliphatic heterocycles. The van der Waals surface area contributed by atoms with Crippen LogP contribution < -0.4 is 15.4 Å². The van der Waals surface area contributed by atoms with Gasteiger partial charge in [0.15, 0.2) is 5.96 Å². The van der Waals surface area contributed by atoms with Crippen LogP contribution in [0.5, 0.6) is 11.5 Å². The van der Waals surface area contributed by atoms with Crippen LogP contribution >= 0.6 is 24.0 Å². The Balaban J connectivity index is 0.00000363. The molecule has 6 nitrogen and oxygen atoms in total. The van der Waals surface area contributed by atoms with Crippen LogP contribution in [-0.2, 0) is 13.0 Å². The van der Waals surface area contributed by atoms with E-state index in [0.29, 0.717) is 24.8 Å². The van der Waals surface area contributed by atoms with Crippen LogP contribution in [0.3, 0.4) is 0 Å². The molecule has 0 saturated carbocycles. The molecule has 32 heavy (non-hydrogen) atoms. The maximum atomic E-state index is 10.1. The van der Waals surface area contributed by atoms with Crippen molar-refractivity contribution in [3.63, 3.8) is 0 Å². The van der Waals surface area contributed by atoms with Crippen molar-refractivity contribution in [3.8, 4) is 11.5 Å². The summed E-state index contributed by atoms with van der Waals surface area (Å²) in [6, 6.07) is 14.5. The van der Waals surface area contributed by atoms with Crippen molar-refractivity contribution in [2.75, 3.05) is 33.3 Å². The Labute approximate surface area is 209 Å². The fourth-order valence-electron chi connectivity index (χ4n) is 3.95. The van der Waals surface area contributed by atoms with Gasteiger partial charge in [0.05, 0.1) is 7.11 Å². The molecule has 0 bridgehead atoms. The van der Waals surface area contributed by atoms with Gasteiger partial charge < -0.3 is 20.5 Å². The Morgan fingerprint density at radius 3 is 2.56 bits per heavy atom. The molecule has 0 radical (unpaired) electrons. The molecule has 176 valence electrons. The van der Waals surface area contributed by atoms with Gasteiger partial charge in [0.2, 0.25) is 0 Å². The maximum absolute atomic E-state index is 10.1. The van der Waals surface area contributed by atoms with E-state index < -0.39 is 0 Å². The number of benzene rings is 2. The summed E-state index contributed by atoms with van der Waals surface area (Å²) in [5.74, 6) is 1.77. The molecule has 0 aliphatic carbocycles. The molecule has 0 aromatic heterocycles. The van der Waals surface area contributed by atoms with Crippen LogP contribution in [0.4, 0.5) is 0 Å². The van der Waals surface area contributed by atoms with Crippen molar-refractivity contribution in [1.82, 2.24) is 15.5 Å². The van der Waals surface area contributed by atoms with Gasteiger partial charge in [0, 0.05) is 44.8 Å². The number of hydrogen-bond acceptors (Lipinski definition) is 4. The lowest BCUT2D eigenvalue weighted by atomic mass is 10.0. The van der Waals surface area contributed by atoms with E-state index in [-0.39, 0.29) is 29.7 Å². The molecule has 0 amide bonds. The maximum Gasteiger partial charge on any atom is 0.191 e. The van der Waals surface area contributed by atoms with Crippen LogP contribution in [0.2, 0.25) is 0 Å². The van der Waals surface area contributed by atoms with Crippen LogP contribution in [0.15, 0.2) is 47.5 Å². The highest BCUT2D eigenvalue weighted by molar-refractivity contribution is 14.0. The fraction of sp³-hybridized carbons (Fsp3) is 0.480. The van der Waals surface area contributed by atoms with Gasteiger partial charge in [-0.3, -0.25) is 9.89 Å². The summed E-state index contributed by atoms with van der Waals surface area (Å²) >= 11 is 0. The lowest BCUT2D eigenvalue weighted by molar-refractivity contribution is 0.198. The number of hydrogen-bond donors (Lipinski definition) is 3. The number of phenols is 1. The number of rotatable bonds is 8. The molecular weight excluding hydrogens is 515 g/mol. The number of aryl methyl sites for hydroxylation is 1. The Morgan fingerprint density at radius 1 is 1.16 bits per heavy atom. The van der Waals surface area contributed by atoms with Crippen molar-refractivity contribution in [2.45, 2.75) is 45.7 Å². The molecular formula is C25H37IN4O2. The normalized spacial score (nSPS) is 15.2. The largest absolute Gasteiger partial charge is 0.508 e. The highest BCUT2D eigenvalue weighted by atomic mass is 127. The van der Waals surface area contributed by atoms with Gasteiger partial charge in [0.25, 0.3) is 0 Å². The van der Waals surface area contributed by atoms with E-state index in [1.165, 1.54) is 11.1 Å². The van der Waals surface area contributed by atoms with E-state index in [9.17, 15) is 5.11 Å². The van der Waals surface area contributed by atoms with Crippen LogP contribution in [-0.4, -0.2) is 55.3 Å². The van der Waals surface area contributed by atoms with E-state index in [1.54, 1.807) is 13.2 Å². The van der Waals surface area contributed by atoms with Crippen molar-refractivity contribution in [1.29, 1.82) is 0 Å². The van der Waals surface area contributed by atoms with Crippen molar-refractivity contribution in [3.05, 3.63) is 59.2 Å². The molecule has 0 unspecified atom stereocenters. The molecule has 0 atom stereocenters. The third-order valence-corrected chi connectivity index (χ3v) is 5.87. The summed E-state index contributed by atoms with van der Waals surface area (Å²) in [4.78, 5) is 7.26. The number of methoxy groups -OCH3 is 1. The van der Waals surface area contributed by atoms with Gasteiger partial charge in [-0.2, -0.15) is 0 Å². The molecule has 3 N–H and O–H groups in total. The van der Waals surface area contributed by atoms with Crippen LogP contribution in [0.25, 0.3) is 0 Å². The first-order valence-electron chi connectivity index (χ1n) is 11.3. The van der Waals surface area contributed by atoms with Gasteiger partial charge >= 0.3 is 0 Å². The number of nitrogens with zero attached hydrogens (tertiary/aromatic N) is 2. The quantitative estimate of drug-likeness (QED) is 0.262. The second-order valence-electron chi connectivity index (χ2n) is 8.13. The van der Waals surface area contributed by atoms with Gasteiger partial charge in [-0.15, -0.1) is 24.0 Å². The number of ether oxygens (including phenoxy) is 1. The third-order valence-electron chi connectivity index (χ3n) is 5.87. The average Bonchev–Trinajstić information content (AvgIpc) is 2.78. The van der Waals surface area contributed by atoms with Crippen LogP contribution in [0.1, 0.15) is 36.5 Å². The molecule has 7 heteroatoms. The Morgan fingerprint density at radius 2 is 1.91 bits per heavy atom. The predicted molar refractivity (Wildman–Crippen MR) is 142 cm³/mol. The van der Waals surface area contributed by atoms with E-state index in [4.69, 9.17) is 9.73 Å². The van der Waals surface area contributed by atoms with Gasteiger partial charge in [-0.1, -0.05) is 30.3 Å². The van der Waals surface area contributed by atoms with Gasteiger partial charge in [0.1, 0.15) is 11.5 Å². The second kappa shape index (κ2) is 13.5. The highest BCUT2D eigenvalue weighted by Crippen LogP contribution is 2.23. The Bertz CT molecular complexity index is 867. The minimum atomic E-state index is 0. The average molecular weight is 553 g/mol. The first kappa shape index (κ1) is 26.3. The first-order chi connectivity index (χ1) is 15.1. The van der Waals surface area contributed by atoms with Gasteiger partial charge in [-0.25, -0.2) is 0 Å². The Hall–Kier alpha value is -2.00. The number of likely N-dealkylation sites (tertiary alicyclic amines) is 1. The molecule has 1 heterocycles. The van der Waals surface area contributed by atoms with E-state index in [2.05, 4.69) is 53.6 Å². The minimum Gasteiger partial charge on any atom is -0.508 e. The smallest absolute Gasteiger partial charge is 0.191 e. The summed E-state index contributed by atoms with van der Waals surface area (Å²) in [6.07, 6.45) is 2.90. The summed E-state index contributed by atoms with van der Waals surface area (Å²) in [5.41, 5.74) is 3.67. The van der Waals surface area contributed by atoms with E-state index in [0.717, 1.165) is 50.5 Å². The van der Waals surface area contributed by atoms with Crippen LogP contribution in [0, 0.1) is 6.92 Å². The van der Waals surface area contributed by atoms with Crippen molar-refractivity contribution < 1.29 is 9.84 Å². The molecule has 2 aromatic carbocycles. The number of aromatic hydroxyl groups is 1. The summed E-state index contributed by atoms with van der Waals surface area (Å²) in [7, 11) is 1.60. The third kappa shape index (κ3) is 7.85. The molecule has 1 fully saturated rings. The van der Waals surface area contributed by atoms with Crippen molar-refractivity contribution >= 4 is 29.9 Å². The number of nitrogens with one attached hydrogen (secondary N) is 2. The zero-order valence-corrected chi connectivity index (χ0v) is 21.8. The standard InChI is InChI=1S/C25H36N4O2.HI/c1-4-26-25(27-14-11-20-9-10-23(31-3)17-24(20)30)28-22-12-15-29(16-13-22)18-21-8-6-5-7-19(21)2;/h5-10,17,22,30H,4,11-16,18H2,1-3H3,(H2,26,27,28);1H. The fourth-order valence-corrected chi connectivity index (χ4v) is 3.95. The molecule has 2 aromatic rings. The highest BCUT2D eigenvalue weighted by Gasteiger charge is 2.20. The number of aliphatic imine (C=N–C) groups is 1. The summed E-state index contributed by atoms with van der Waals surface area (Å²) in [6.45, 7) is 8.91. The number of phenolic OH excluding ortho intramolecular Hbond substituents is 1. The predicted octanol–water partition coefficient (Wildman–Crippen LogP) is 4.09. The number of halogens is 1. The second-order valence-corrected chi connectivity index (χ2v) is 8.13. The zero-order chi connectivity index (χ0) is 22.1. The number of guanidine groups is 1. The summed E-state index contributed by atoms with van der Waals surface area (Å²) in [5, 5.41) is 17.1. The van der Waals surface area contributed by atoms with E-state index >= 15 is 0 Å². The molecule has 3 rings (SSSR count). The molecule has 0 spiro atoms. The SMILES string of the molecule is CCNC(=NCCc1ccc(OC)cc1O)NC1CCN(Cc2ccccc2C)CC1.I. The van der Waals surface area contributed by atoms with E-state index in [1.807, 2.05) is 12.1 Å². The van der Waals surface area contributed by atoms with Crippen molar-refractivity contribution in [2.24, 2.45) is 4.99 Å². The zero-order valence-electron chi connectivity index (χ0n) is 19.4. The van der Waals surface area contributed by atoms with Gasteiger partial charge in [-0.05, 0) is 55.9 Å². The lowest BCUT2D eigenvalue weighted by Gasteiger charge is -2.33. The lowest BCUT2D eigenvalue weighted by Crippen LogP contribution is -2.48. The topological polar surface area (TPSA) is 69.1 Å². The minimum absolute atomic E-state index is 0. The summed E-state index contributed by atoms with van der Waals surface area (Å²) < 4.78 is 5.14. The molecule has 1 aliphatic rings.